The van der Waals surface area contributed by atoms with E-state index in [0.717, 1.165) is 5.56 Å². The molecule has 29 heavy (non-hydrogen) atoms. The predicted molar refractivity (Wildman–Crippen MR) is 114 cm³/mol. The van der Waals surface area contributed by atoms with Gasteiger partial charge in [-0.25, -0.2) is 4.79 Å². The Labute approximate surface area is 174 Å². The van der Waals surface area contributed by atoms with Crippen LogP contribution in [0.3, 0.4) is 0 Å². The highest BCUT2D eigenvalue weighted by Crippen LogP contribution is 2.57. The Kier molecular flexibility index (Phi) is 4.72. The molecular formula is C23H19NO4S. The monoisotopic (exact) mass is 405 g/mol. The van der Waals surface area contributed by atoms with Crippen molar-refractivity contribution in [3.8, 4) is 17.2 Å². The summed E-state index contributed by atoms with van der Waals surface area (Å²) in [5.41, 5.74) is 1.37. The van der Waals surface area contributed by atoms with Crippen molar-refractivity contribution in [1.29, 1.82) is 0 Å². The summed E-state index contributed by atoms with van der Waals surface area (Å²) in [6.07, 6.45) is 7.08. The molecule has 0 amide bonds. The third-order valence-corrected chi connectivity index (χ3v) is 5.02. The largest absolute Gasteiger partial charge is 0.508 e. The molecular weight excluding hydrogens is 386 g/mol. The summed E-state index contributed by atoms with van der Waals surface area (Å²) in [4.78, 5) is 13.5. The number of phenolic OH excluding ortho intramolecular Hbond substituents is 1. The van der Waals surface area contributed by atoms with Gasteiger partial charge in [-0.2, -0.15) is 0 Å². The molecule has 1 unspecified atom stereocenters. The van der Waals surface area contributed by atoms with Gasteiger partial charge in [-0.1, -0.05) is 42.6 Å². The zero-order chi connectivity index (χ0) is 20.6. The Hall–Kier alpha value is -3.38. The topological polar surface area (TPSA) is 67.8 Å². The Balaban J connectivity index is 1.99. The van der Waals surface area contributed by atoms with E-state index in [2.05, 4.69) is 5.32 Å². The van der Waals surface area contributed by atoms with Crippen LogP contribution in [0.4, 0.5) is 0 Å². The number of carbonyl (C=O) groups is 1. The van der Waals surface area contributed by atoms with Gasteiger partial charge in [0, 0.05) is 29.0 Å². The van der Waals surface area contributed by atoms with Crippen LogP contribution < -0.4 is 10.1 Å². The molecule has 2 heterocycles. The molecule has 0 bridgehead atoms. The van der Waals surface area contributed by atoms with Crippen molar-refractivity contribution in [1.82, 2.24) is 5.32 Å². The van der Waals surface area contributed by atoms with Gasteiger partial charge in [0.2, 0.25) is 0 Å². The van der Waals surface area contributed by atoms with Crippen LogP contribution in [0.15, 0.2) is 78.0 Å². The van der Waals surface area contributed by atoms with E-state index < -0.39 is 11.6 Å². The molecule has 4 rings (SSSR count). The zero-order valence-corrected chi connectivity index (χ0v) is 16.7. The van der Waals surface area contributed by atoms with Crippen molar-refractivity contribution in [3.63, 3.8) is 0 Å². The number of allylic oxidation sites excluding steroid dienone is 3. The molecule has 1 spiro atoms. The number of aromatic hydroxyl groups is 1. The van der Waals surface area contributed by atoms with Gasteiger partial charge in [0.25, 0.3) is 0 Å². The fourth-order valence-corrected chi connectivity index (χ4v) is 3.80. The van der Waals surface area contributed by atoms with Gasteiger partial charge in [-0.15, -0.1) is 0 Å². The summed E-state index contributed by atoms with van der Waals surface area (Å²) in [6.45, 7) is 3.58. The smallest absolute Gasteiger partial charge is 0.339 e. The van der Waals surface area contributed by atoms with Gasteiger partial charge in [0.05, 0.1) is 10.6 Å². The van der Waals surface area contributed by atoms with Crippen LogP contribution in [0, 0.1) is 0 Å². The lowest BCUT2D eigenvalue weighted by atomic mass is 9.76. The molecule has 2 aromatic rings. The summed E-state index contributed by atoms with van der Waals surface area (Å²) < 4.78 is 12.1. The van der Waals surface area contributed by atoms with E-state index in [1.165, 1.54) is 6.07 Å². The highest BCUT2D eigenvalue weighted by Gasteiger charge is 2.55. The lowest BCUT2D eigenvalue weighted by Crippen LogP contribution is -2.32. The van der Waals surface area contributed by atoms with Gasteiger partial charge in [0.1, 0.15) is 17.2 Å². The molecule has 1 atom stereocenters. The molecule has 2 N–H and O–H groups in total. The number of hydrogen-bond acceptors (Lipinski definition) is 5. The van der Waals surface area contributed by atoms with E-state index in [1.807, 2.05) is 30.3 Å². The highest BCUT2D eigenvalue weighted by molar-refractivity contribution is 7.80. The van der Waals surface area contributed by atoms with E-state index in [9.17, 15) is 9.90 Å². The van der Waals surface area contributed by atoms with E-state index in [-0.39, 0.29) is 5.75 Å². The van der Waals surface area contributed by atoms with Crippen molar-refractivity contribution >= 4 is 23.2 Å². The molecule has 2 aromatic carbocycles. The molecule has 2 aliphatic heterocycles. The molecule has 0 saturated carbocycles. The van der Waals surface area contributed by atoms with Crippen molar-refractivity contribution in [3.05, 3.63) is 89.2 Å². The maximum Gasteiger partial charge on any atom is 0.339 e. The normalized spacial score (nSPS) is 22.5. The lowest BCUT2D eigenvalue weighted by molar-refractivity contribution is -0.143. The summed E-state index contributed by atoms with van der Waals surface area (Å²) in [7, 11) is 0. The molecule has 0 radical (unpaired) electrons. The van der Waals surface area contributed by atoms with Gasteiger partial charge in [-0.05, 0) is 38.1 Å². The number of para-hydroxylation sites is 1. The third kappa shape index (κ3) is 3.02. The van der Waals surface area contributed by atoms with Crippen molar-refractivity contribution in [2.45, 2.75) is 19.4 Å². The third-order valence-electron chi connectivity index (χ3n) is 4.90. The number of benzene rings is 2. The number of fused-ring (bicyclic) bond motifs is 4. The zero-order valence-electron chi connectivity index (χ0n) is 15.9. The van der Waals surface area contributed by atoms with Crippen molar-refractivity contribution in [2.75, 3.05) is 0 Å². The number of rotatable bonds is 2. The Morgan fingerprint density at radius 2 is 1.93 bits per heavy atom. The van der Waals surface area contributed by atoms with Crippen LogP contribution in [0.5, 0.6) is 17.2 Å². The first-order valence-electron chi connectivity index (χ1n) is 9.12. The number of ether oxygens (including phenoxy) is 2. The molecule has 5 nitrogen and oxygen atoms in total. The molecule has 1 fully saturated rings. The maximum absolute atomic E-state index is 12.8. The minimum Gasteiger partial charge on any atom is -0.508 e. The second kappa shape index (κ2) is 7.22. The second-order valence-electron chi connectivity index (χ2n) is 6.69. The van der Waals surface area contributed by atoms with Gasteiger partial charge in [0.15, 0.2) is 5.60 Å². The quantitative estimate of drug-likeness (QED) is 0.432. The van der Waals surface area contributed by atoms with Gasteiger partial charge >= 0.3 is 5.97 Å². The first kappa shape index (κ1) is 19.0. The van der Waals surface area contributed by atoms with E-state index in [0.29, 0.717) is 33.2 Å². The molecule has 2 aliphatic rings. The minimum atomic E-state index is -1.17. The fourth-order valence-electron chi connectivity index (χ4n) is 3.74. The summed E-state index contributed by atoms with van der Waals surface area (Å²) in [5.74, 6) is 0.664. The number of carbonyl (C=O) groups excluding carboxylic acids is 1. The first-order valence-corrected chi connectivity index (χ1v) is 9.53. The molecule has 0 aliphatic carbocycles. The van der Waals surface area contributed by atoms with Crippen LogP contribution in [0.25, 0.3) is 0 Å². The lowest BCUT2D eigenvalue weighted by Gasteiger charge is -2.36. The summed E-state index contributed by atoms with van der Waals surface area (Å²) >= 11 is 5.03. The maximum atomic E-state index is 12.8. The molecule has 6 heteroatoms. The minimum absolute atomic E-state index is 0.0694. The van der Waals surface area contributed by atoms with Crippen LogP contribution in [-0.4, -0.2) is 16.1 Å². The SMILES string of the molecule is C/C=C1/C(=O)OC2(/C1=C/C=C/NC(C)=S)c1ccccc1Oc1cc(O)ccc12. The van der Waals surface area contributed by atoms with Gasteiger partial charge < -0.3 is 19.9 Å². The van der Waals surface area contributed by atoms with Crippen LogP contribution in [0.1, 0.15) is 25.0 Å². The number of phenols is 1. The van der Waals surface area contributed by atoms with E-state index in [1.54, 1.807) is 44.3 Å². The molecule has 1 saturated heterocycles. The molecule has 146 valence electrons. The van der Waals surface area contributed by atoms with Crippen molar-refractivity contribution in [2.24, 2.45) is 0 Å². The Bertz CT molecular complexity index is 1120. The average Bonchev–Trinajstić information content (AvgIpc) is 2.97. The number of hydrogen-bond donors (Lipinski definition) is 2. The standard InChI is InChI=1S/C23H19NO4S/c1-3-16-17(8-6-12-24-14(2)29)23(28-22(16)26)18-7-4-5-9-20(18)27-21-13-15(25)10-11-19(21)23/h3-13,25H,1-2H3,(H,24,29)/b12-6+,16-3+,17-8+. The first-order chi connectivity index (χ1) is 14.0. The highest BCUT2D eigenvalue weighted by atomic mass is 32.1. The molecule has 0 aromatic heterocycles. The predicted octanol–water partition coefficient (Wildman–Crippen LogP) is 4.62. The summed E-state index contributed by atoms with van der Waals surface area (Å²) in [6, 6.07) is 12.2. The van der Waals surface area contributed by atoms with Crippen LogP contribution in [-0.2, 0) is 15.1 Å². The second-order valence-corrected chi connectivity index (χ2v) is 7.30. The number of thiocarbonyl (C=S) groups is 1. The average molecular weight is 405 g/mol. The summed E-state index contributed by atoms with van der Waals surface area (Å²) in [5, 5.41) is 12.9. The van der Waals surface area contributed by atoms with Gasteiger partial charge in [-0.3, -0.25) is 0 Å². The Morgan fingerprint density at radius 3 is 2.69 bits per heavy atom. The number of nitrogens with one attached hydrogen (secondary N) is 1. The number of esters is 1. The van der Waals surface area contributed by atoms with Crippen LogP contribution in [0.2, 0.25) is 0 Å². The fraction of sp³-hybridized carbons (Fsp3) is 0.130. The van der Waals surface area contributed by atoms with E-state index >= 15 is 0 Å². The van der Waals surface area contributed by atoms with Crippen molar-refractivity contribution < 1.29 is 19.4 Å². The Morgan fingerprint density at radius 1 is 1.17 bits per heavy atom. The van der Waals surface area contributed by atoms with E-state index in [4.69, 9.17) is 21.7 Å². The van der Waals surface area contributed by atoms with Crippen LogP contribution >= 0.6 is 12.2 Å².